The first-order valence-corrected chi connectivity index (χ1v) is 6.74. The Bertz CT molecular complexity index is 493. The highest BCUT2D eigenvalue weighted by atomic mass is 27.1. The zero-order valence-corrected chi connectivity index (χ0v) is 13.7. The predicted molar refractivity (Wildman–Crippen MR) is 76.7 cm³/mol. The van der Waals surface area contributed by atoms with E-state index in [1.807, 2.05) is 43.5 Å². The summed E-state index contributed by atoms with van der Waals surface area (Å²) in [6, 6.07) is 3.67. The van der Waals surface area contributed by atoms with Crippen molar-refractivity contribution in [1.29, 1.82) is 0 Å². The second-order valence-electron chi connectivity index (χ2n) is 6.83. The van der Waals surface area contributed by atoms with Crippen molar-refractivity contribution >= 4 is 22.6 Å². The lowest BCUT2D eigenvalue weighted by Crippen LogP contribution is -2.19. The number of hydrogen-bond acceptors (Lipinski definition) is 3. The maximum absolute atomic E-state index is 11.8. The molecular weight excluding hydrogens is 255 g/mol. The summed E-state index contributed by atoms with van der Waals surface area (Å²) in [4.78, 5) is 11.8. The molecule has 0 fully saturated rings. The van der Waals surface area contributed by atoms with Crippen LogP contribution in [0.3, 0.4) is 0 Å². The van der Waals surface area contributed by atoms with Crippen LogP contribution in [-0.2, 0) is 14.6 Å². The van der Waals surface area contributed by atoms with Gasteiger partial charge in [-0.2, -0.15) is 0 Å². The van der Waals surface area contributed by atoms with Crippen molar-refractivity contribution in [3.63, 3.8) is 0 Å². The van der Waals surface area contributed by atoms with Crippen molar-refractivity contribution < 1.29 is 13.7 Å². The molecule has 0 amide bonds. The van der Waals surface area contributed by atoms with Crippen molar-refractivity contribution in [3.8, 4) is 5.75 Å². The molecule has 1 aromatic rings. The standard InChI is InChI=1S/C15H22O3.Al/c1-14(2,3)9-7-10(13(17)18)12(16)11(8-9)15(4,5)6;/h7-8,16H,1-6H3,(H,17,18);/q;+1/p-1. The number of benzene rings is 1. The van der Waals surface area contributed by atoms with Gasteiger partial charge in [-0.15, -0.1) is 0 Å². The summed E-state index contributed by atoms with van der Waals surface area (Å²) >= 11 is 1.92. The molecule has 0 spiro atoms. The molecule has 2 radical (unpaired) electrons. The Balaban J connectivity index is 3.62. The molecule has 0 aliphatic carbocycles. The highest BCUT2D eigenvalue weighted by Crippen LogP contribution is 2.37. The summed E-state index contributed by atoms with van der Waals surface area (Å²) in [5.74, 6) is -0.535. The summed E-state index contributed by atoms with van der Waals surface area (Å²) in [6.45, 7) is 12.2. The Morgan fingerprint density at radius 1 is 1.11 bits per heavy atom. The number of aromatic hydroxyl groups is 1. The predicted octanol–water partition coefficient (Wildman–Crippen LogP) is 3.23. The average Bonchev–Trinajstić information content (AvgIpc) is 2.25. The lowest BCUT2D eigenvalue weighted by atomic mass is 9.79. The molecule has 0 aliphatic heterocycles. The van der Waals surface area contributed by atoms with Gasteiger partial charge >= 0.3 is 22.6 Å². The molecule has 4 heteroatoms. The summed E-state index contributed by atoms with van der Waals surface area (Å²) in [5, 5.41) is 10.3. The van der Waals surface area contributed by atoms with Crippen LogP contribution in [0, 0.1) is 0 Å². The molecule has 0 saturated carbocycles. The highest BCUT2D eigenvalue weighted by molar-refractivity contribution is 6.10. The van der Waals surface area contributed by atoms with E-state index in [0.717, 1.165) is 11.1 Å². The fraction of sp³-hybridized carbons (Fsp3) is 0.533. The third-order valence-electron chi connectivity index (χ3n) is 3.11. The number of phenolic OH excluding ortho intramolecular Hbond substituents is 1. The number of carbonyl (C=O) groups excluding carboxylic acids is 1. The topological polar surface area (TPSA) is 46.5 Å². The highest BCUT2D eigenvalue weighted by Gasteiger charge is 2.26. The fourth-order valence-electron chi connectivity index (χ4n) is 1.86. The molecule has 3 nitrogen and oxygen atoms in total. The third kappa shape index (κ3) is 3.52. The van der Waals surface area contributed by atoms with Gasteiger partial charge in [-0.1, -0.05) is 47.6 Å². The molecule has 1 rings (SSSR count). The summed E-state index contributed by atoms with van der Waals surface area (Å²) in [5.41, 5.74) is 1.61. The zero-order chi connectivity index (χ0) is 15.0. The monoisotopic (exact) mass is 276 g/mol. The third-order valence-corrected chi connectivity index (χ3v) is 3.32. The second-order valence-corrected chi connectivity index (χ2v) is 7.06. The lowest BCUT2D eigenvalue weighted by Gasteiger charge is -2.27. The van der Waals surface area contributed by atoms with Crippen LogP contribution in [0.1, 0.15) is 63.0 Å². The second kappa shape index (κ2) is 5.19. The van der Waals surface area contributed by atoms with Crippen LogP contribution in [0.5, 0.6) is 5.75 Å². The van der Waals surface area contributed by atoms with Gasteiger partial charge in [0.25, 0.3) is 0 Å². The number of hydrogen-bond donors (Lipinski definition) is 1. The normalized spacial score (nSPS) is 12.3. The van der Waals surface area contributed by atoms with Gasteiger partial charge in [0.05, 0.1) is 5.56 Å². The van der Waals surface area contributed by atoms with E-state index < -0.39 is 5.97 Å². The van der Waals surface area contributed by atoms with Crippen molar-refractivity contribution in [2.24, 2.45) is 0 Å². The van der Waals surface area contributed by atoms with Crippen LogP contribution in [0.4, 0.5) is 0 Å². The van der Waals surface area contributed by atoms with E-state index in [1.54, 1.807) is 6.07 Å². The fourth-order valence-corrected chi connectivity index (χ4v) is 1.99. The average molecular weight is 276 g/mol. The minimum absolute atomic E-state index is 0.00736. The van der Waals surface area contributed by atoms with E-state index in [2.05, 4.69) is 24.6 Å². The number of phenols is 1. The Hall–Kier alpha value is -0.978. The Labute approximate surface area is 123 Å². The summed E-state index contributed by atoms with van der Waals surface area (Å²) in [6.07, 6.45) is 0. The van der Waals surface area contributed by atoms with Crippen LogP contribution in [-0.4, -0.2) is 27.7 Å². The summed E-state index contributed by atoms with van der Waals surface area (Å²) < 4.78 is 4.67. The maximum atomic E-state index is 11.8. The summed E-state index contributed by atoms with van der Waals surface area (Å²) in [7, 11) is 0. The maximum Gasteiger partial charge on any atom is 0.485 e. The zero-order valence-electron chi connectivity index (χ0n) is 12.5. The molecular formula is C15H21AlO3. The van der Waals surface area contributed by atoms with E-state index in [9.17, 15) is 9.90 Å². The first kappa shape index (κ1) is 16.1. The van der Waals surface area contributed by atoms with Crippen LogP contribution in [0.2, 0.25) is 0 Å². The quantitative estimate of drug-likeness (QED) is 0.801. The van der Waals surface area contributed by atoms with Gasteiger partial charge in [-0.3, -0.25) is 0 Å². The molecule has 0 bridgehead atoms. The Morgan fingerprint density at radius 3 is 2.00 bits per heavy atom. The van der Waals surface area contributed by atoms with Crippen LogP contribution < -0.4 is 0 Å². The molecule has 1 aromatic carbocycles. The van der Waals surface area contributed by atoms with Crippen LogP contribution in [0.25, 0.3) is 0 Å². The van der Waals surface area contributed by atoms with Crippen molar-refractivity contribution in [1.82, 2.24) is 0 Å². The first-order chi connectivity index (χ1) is 8.48. The molecule has 19 heavy (non-hydrogen) atoms. The van der Waals surface area contributed by atoms with Crippen molar-refractivity contribution in [2.45, 2.75) is 52.4 Å². The lowest BCUT2D eigenvalue weighted by molar-refractivity contribution is 0.0746. The number of rotatable bonds is 1. The van der Waals surface area contributed by atoms with E-state index >= 15 is 0 Å². The molecule has 0 aromatic heterocycles. The largest absolute Gasteiger partial charge is 0.624 e. The van der Waals surface area contributed by atoms with Gasteiger partial charge in [0, 0.05) is 5.56 Å². The molecule has 0 saturated heterocycles. The Morgan fingerprint density at radius 2 is 1.63 bits per heavy atom. The van der Waals surface area contributed by atoms with Crippen LogP contribution in [0.15, 0.2) is 12.1 Å². The Kier molecular flexibility index (Phi) is 4.39. The van der Waals surface area contributed by atoms with Gasteiger partial charge in [0.15, 0.2) is 0 Å². The van der Waals surface area contributed by atoms with Crippen molar-refractivity contribution in [3.05, 3.63) is 28.8 Å². The van der Waals surface area contributed by atoms with Crippen molar-refractivity contribution in [2.75, 3.05) is 0 Å². The molecule has 0 aliphatic rings. The van der Waals surface area contributed by atoms with E-state index in [0.29, 0.717) is 0 Å². The van der Waals surface area contributed by atoms with Gasteiger partial charge in [-0.25, -0.2) is 4.79 Å². The molecule has 102 valence electrons. The van der Waals surface area contributed by atoms with Gasteiger partial charge < -0.3 is 8.90 Å². The molecule has 0 atom stereocenters. The van der Waals surface area contributed by atoms with E-state index in [1.165, 1.54) is 0 Å². The van der Waals surface area contributed by atoms with E-state index in [-0.39, 0.29) is 22.1 Å². The van der Waals surface area contributed by atoms with Gasteiger partial charge in [-0.05, 0) is 22.5 Å². The SMILES string of the molecule is CC(C)(C)c1cc(C(=O)[O][Al])c(O)c(C(C)(C)C)c1. The minimum Gasteiger partial charge on any atom is -0.624 e. The molecule has 0 heterocycles. The minimum atomic E-state index is -0.542. The van der Waals surface area contributed by atoms with Gasteiger partial charge in [0.2, 0.25) is 0 Å². The smallest absolute Gasteiger partial charge is 0.485 e. The first-order valence-electron chi connectivity index (χ1n) is 6.27. The number of carbonyl (C=O) groups is 1. The van der Waals surface area contributed by atoms with Crippen LogP contribution >= 0.6 is 0 Å². The van der Waals surface area contributed by atoms with E-state index in [4.69, 9.17) is 0 Å². The molecule has 0 unspecified atom stereocenters. The van der Waals surface area contributed by atoms with Gasteiger partial charge in [0.1, 0.15) is 5.75 Å². The molecule has 1 N–H and O–H groups in total.